The number of carbonyl (C=O) groups excluding carboxylic acids is 2. The molecular formula is C22H21BrN2O4. The number of carbonyl (C=O) groups is 2. The van der Waals surface area contributed by atoms with E-state index in [2.05, 4.69) is 20.8 Å². The zero-order chi connectivity index (χ0) is 20.4. The smallest absolute Gasteiger partial charge is 0.296 e. The molecule has 6 nitrogen and oxygen atoms in total. The van der Waals surface area contributed by atoms with Crippen LogP contribution in [-0.4, -0.2) is 59.6 Å². The van der Waals surface area contributed by atoms with Crippen LogP contribution in [0.2, 0.25) is 0 Å². The molecule has 2 aliphatic heterocycles. The molecule has 1 N–H and O–H groups in total. The van der Waals surface area contributed by atoms with E-state index in [0.717, 1.165) is 10.0 Å². The minimum Gasteiger partial charge on any atom is -0.507 e. The van der Waals surface area contributed by atoms with E-state index in [4.69, 9.17) is 4.74 Å². The number of rotatable bonds is 4. The molecule has 0 spiro atoms. The number of nitrogens with zero attached hydrogens (tertiary/aromatic N) is 2. The summed E-state index contributed by atoms with van der Waals surface area (Å²) in [5.74, 6) is -1.41. The number of halogens is 1. The zero-order valence-corrected chi connectivity index (χ0v) is 17.3. The summed E-state index contributed by atoms with van der Waals surface area (Å²) < 4.78 is 6.29. The van der Waals surface area contributed by atoms with Gasteiger partial charge in [0.15, 0.2) is 0 Å². The Kier molecular flexibility index (Phi) is 5.80. The van der Waals surface area contributed by atoms with E-state index in [1.165, 1.54) is 0 Å². The number of morpholine rings is 1. The quantitative estimate of drug-likeness (QED) is 0.434. The van der Waals surface area contributed by atoms with Crippen LogP contribution in [0.15, 0.2) is 64.6 Å². The van der Waals surface area contributed by atoms with Crippen LogP contribution < -0.4 is 0 Å². The van der Waals surface area contributed by atoms with Gasteiger partial charge in [-0.3, -0.25) is 14.5 Å². The summed E-state index contributed by atoms with van der Waals surface area (Å²) in [6.45, 7) is 2.87. The highest BCUT2D eigenvalue weighted by molar-refractivity contribution is 9.10. The first kappa shape index (κ1) is 19.8. The van der Waals surface area contributed by atoms with Crippen molar-refractivity contribution in [1.29, 1.82) is 0 Å². The Balaban J connectivity index is 1.79. The van der Waals surface area contributed by atoms with Gasteiger partial charge in [-0.05, 0) is 17.7 Å². The molecule has 0 bridgehead atoms. The first-order valence-electron chi connectivity index (χ1n) is 9.45. The van der Waals surface area contributed by atoms with Crippen molar-refractivity contribution in [2.45, 2.75) is 6.04 Å². The Morgan fingerprint density at radius 3 is 2.34 bits per heavy atom. The van der Waals surface area contributed by atoms with Crippen molar-refractivity contribution in [2.24, 2.45) is 0 Å². The average molecular weight is 457 g/mol. The highest BCUT2D eigenvalue weighted by atomic mass is 79.9. The topological polar surface area (TPSA) is 70.1 Å². The predicted molar refractivity (Wildman–Crippen MR) is 112 cm³/mol. The summed E-state index contributed by atoms with van der Waals surface area (Å²) in [4.78, 5) is 29.5. The number of aliphatic hydroxyl groups excluding tert-OH is 1. The van der Waals surface area contributed by atoms with Crippen molar-refractivity contribution in [3.8, 4) is 0 Å². The first-order valence-corrected chi connectivity index (χ1v) is 10.2. The van der Waals surface area contributed by atoms with Gasteiger partial charge in [-0.15, -0.1) is 0 Å². The lowest BCUT2D eigenvalue weighted by Crippen LogP contribution is -2.45. The monoisotopic (exact) mass is 456 g/mol. The Hall–Kier alpha value is -2.48. The van der Waals surface area contributed by atoms with Crippen LogP contribution in [0.5, 0.6) is 0 Å². The maximum Gasteiger partial charge on any atom is 0.296 e. The second kappa shape index (κ2) is 8.49. The number of aliphatic hydroxyl groups is 1. The molecule has 29 heavy (non-hydrogen) atoms. The molecule has 0 saturated carbocycles. The largest absolute Gasteiger partial charge is 0.507 e. The van der Waals surface area contributed by atoms with Crippen LogP contribution in [0.4, 0.5) is 0 Å². The molecule has 150 valence electrons. The van der Waals surface area contributed by atoms with Crippen LogP contribution in [-0.2, 0) is 14.3 Å². The van der Waals surface area contributed by atoms with E-state index in [0.29, 0.717) is 38.5 Å². The summed E-state index contributed by atoms with van der Waals surface area (Å²) in [6.07, 6.45) is 0. The second-order valence-electron chi connectivity index (χ2n) is 7.06. The van der Waals surface area contributed by atoms with Crippen LogP contribution in [0.1, 0.15) is 17.2 Å². The maximum absolute atomic E-state index is 13.0. The molecule has 2 aromatic rings. The minimum absolute atomic E-state index is 0.122. The number of benzene rings is 2. The Morgan fingerprint density at radius 1 is 1.03 bits per heavy atom. The normalized spacial score (nSPS) is 22.2. The van der Waals surface area contributed by atoms with Crippen molar-refractivity contribution in [3.63, 3.8) is 0 Å². The van der Waals surface area contributed by atoms with Gasteiger partial charge in [0.25, 0.3) is 11.7 Å². The first-order chi connectivity index (χ1) is 14.1. The van der Waals surface area contributed by atoms with E-state index >= 15 is 0 Å². The van der Waals surface area contributed by atoms with Crippen LogP contribution in [0.25, 0.3) is 5.76 Å². The number of ketones is 1. The third-order valence-electron chi connectivity index (χ3n) is 5.23. The molecule has 0 aromatic heterocycles. The number of amides is 1. The number of Topliss-reactive ketones (excluding diaryl/α,β-unsaturated/α-hetero) is 1. The summed E-state index contributed by atoms with van der Waals surface area (Å²) in [6, 6.07) is 15.7. The van der Waals surface area contributed by atoms with Gasteiger partial charge in [0.1, 0.15) is 5.76 Å². The number of likely N-dealkylation sites (tertiary alicyclic amines) is 1. The Morgan fingerprint density at radius 2 is 1.69 bits per heavy atom. The van der Waals surface area contributed by atoms with Crippen molar-refractivity contribution in [1.82, 2.24) is 9.80 Å². The molecule has 0 radical (unpaired) electrons. The van der Waals surface area contributed by atoms with Gasteiger partial charge in [-0.25, -0.2) is 0 Å². The molecule has 2 heterocycles. The highest BCUT2D eigenvalue weighted by Gasteiger charge is 2.46. The van der Waals surface area contributed by atoms with Crippen molar-refractivity contribution in [3.05, 3.63) is 75.8 Å². The number of ether oxygens (including phenoxy) is 1. The van der Waals surface area contributed by atoms with E-state index in [9.17, 15) is 14.7 Å². The lowest BCUT2D eigenvalue weighted by molar-refractivity contribution is -0.141. The molecule has 2 saturated heterocycles. The SMILES string of the molecule is O=C1C(=O)N(CN2CCOCC2)C(c2ccc(Br)cc2)/C1=C(\O)c1ccccc1. The summed E-state index contributed by atoms with van der Waals surface area (Å²) in [7, 11) is 0. The Labute approximate surface area is 177 Å². The number of hydrogen-bond donors (Lipinski definition) is 1. The average Bonchev–Trinajstić information content (AvgIpc) is 3.00. The molecule has 2 aliphatic rings. The van der Waals surface area contributed by atoms with Crippen molar-refractivity contribution in [2.75, 3.05) is 33.0 Å². The lowest BCUT2D eigenvalue weighted by Gasteiger charge is -2.33. The van der Waals surface area contributed by atoms with Gasteiger partial charge >= 0.3 is 0 Å². The van der Waals surface area contributed by atoms with E-state index in [1.807, 2.05) is 30.3 Å². The summed E-state index contributed by atoms with van der Waals surface area (Å²) in [5, 5.41) is 11.0. The predicted octanol–water partition coefficient (Wildman–Crippen LogP) is 3.16. The van der Waals surface area contributed by atoms with Gasteiger partial charge in [-0.2, -0.15) is 0 Å². The lowest BCUT2D eigenvalue weighted by atomic mass is 9.95. The van der Waals surface area contributed by atoms with Gasteiger partial charge < -0.3 is 14.7 Å². The van der Waals surface area contributed by atoms with E-state index in [-0.39, 0.29) is 11.3 Å². The minimum atomic E-state index is -0.660. The standard InChI is InChI=1S/C22H21BrN2O4/c23-17-8-6-15(7-9-17)19-18(20(26)16-4-2-1-3-5-16)21(27)22(28)25(19)14-24-10-12-29-13-11-24/h1-9,19,26H,10-14H2/b20-18+. The molecule has 0 aliphatic carbocycles. The fraction of sp³-hybridized carbons (Fsp3) is 0.273. The van der Waals surface area contributed by atoms with Crippen LogP contribution in [0.3, 0.4) is 0 Å². The number of hydrogen-bond acceptors (Lipinski definition) is 5. The fourth-order valence-electron chi connectivity index (χ4n) is 3.73. The molecule has 1 unspecified atom stereocenters. The fourth-order valence-corrected chi connectivity index (χ4v) is 3.99. The Bertz CT molecular complexity index is 937. The van der Waals surface area contributed by atoms with Gasteiger partial charge in [0.05, 0.1) is 31.5 Å². The van der Waals surface area contributed by atoms with Gasteiger partial charge in [0.2, 0.25) is 0 Å². The van der Waals surface area contributed by atoms with Crippen LogP contribution in [0, 0.1) is 0 Å². The van der Waals surface area contributed by atoms with Gasteiger partial charge in [0, 0.05) is 23.1 Å². The van der Waals surface area contributed by atoms with Crippen LogP contribution >= 0.6 is 15.9 Å². The molecule has 2 aromatic carbocycles. The van der Waals surface area contributed by atoms with Crippen molar-refractivity contribution >= 4 is 33.4 Å². The zero-order valence-electron chi connectivity index (χ0n) is 15.8. The molecule has 1 amide bonds. The second-order valence-corrected chi connectivity index (χ2v) is 7.97. The molecule has 4 rings (SSSR count). The van der Waals surface area contributed by atoms with E-state index in [1.54, 1.807) is 29.2 Å². The molecule has 1 atom stereocenters. The molecule has 2 fully saturated rings. The van der Waals surface area contributed by atoms with Crippen molar-refractivity contribution < 1.29 is 19.4 Å². The highest BCUT2D eigenvalue weighted by Crippen LogP contribution is 2.39. The third kappa shape index (κ3) is 3.99. The summed E-state index contributed by atoms with van der Waals surface area (Å²) in [5.41, 5.74) is 1.41. The third-order valence-corrected chi connectivity index (χ3v) is 5.76. The molecular weight excluding hydrogens is 436 g/mol. The summed E-state index contributed by atoms with van der Waals surface area (Å²) >= 11 is 3.42. The molecule has 7 heteroatoms. The van der Waals surface area contributed by atoms with E-state index < -0.39 is 17.7 Å². The maximum atomic E-state index is 13.0. The van der Waals surface area contributed by atoms with Gasteiger partial charge in [-0.1, -0.05) is 58.4 Å².